The van der Waals surface area contributed by atoms with Crippen LogP contribution in [0.5, 0.6) is 0 Å². The zero-order chi connectivity index (χ0) is 29.9. The van der Waals surface area contributed by atoms with Crippen molar-refractivity contribution in [2.75, 3.05) is 0 Å². The third-order valence-corrected chi connectivity index (χ3v) is 8.04. The highest BCUT2D eigenvalue weighted by molar-refractivity contribution is 7.10. The van der Waals surface area contributed by atoms with E-state index in [1.54, 1.807) is 60.8 Å². The standard InChI is InChI=1S/C31H23F2N6O2S.BrH/c1-20(30-37-28(16-42-30)23-6-2-21(13-34)3-7-23)31(41,26-12-25(32)10-11-27(26)33)17-39-19-38(18-36-39)15-29(40)24-8-4-22(14-35)5-9-24;/h2-12,16,18-20,41H,15,17H2,1H3;1H/q+1;/p-1/t20-,31+;/m0./s1. The maximum Gasteiger partial charge on any atom is 0.265 e. The highest BCUT2D eigenvalue weighted by atomic mass is 79.9. The maximum absolute atomic E-state index is 15.1. The molecule has 5 aromatic rings. The number of thiazole rings is 1. The van der Waals surface area contributed by atoms with Crippen LogP contribution in [0.4, 0.5) is 8.78 Å². The Hall–Kier alpha value is -4.62. The summed E-state index contributed by atoms with van der Waals surface area (Å²) in [5.74, 6) is -2.52. The molecule has 2 aromatic heterocycles. The molecule has 0 bridgehead atoms. The number of benzene rings is 3. The number of ketones is 1. The number of carbonyl (C=O) groups is 1. The fraction of sp³-hybridized carbons (Fsp3) is 0.161. The molecule has 5 rings (SSSR count). The van der Waals surface area contributed by atoms with Gasteiger partial charge in [0.25, 0.3) is 6.33 Å². The van der Waals surface area contributed by atoms with E-state index < -0.39 is 23.2 Å². The highest BCUT2D eigenvalue weighted by Gasteiger charge is 2.43. The predicted molar refractivity (Wildman–Crippen MR) is 149 cm³/mol. The van der Waals surface area contributed by atoms with Gasteiger partial charge in [-0.3, -0.25) is 4.79 Å². The number of nitriles is 2. The summed E-state index contributed by atoms with van der Waals surface area (Å²) in [4.78, 5) is 17.4. The van der Waals surface area contributed by atoms with Crippen LogP contribution in [-0.4, -0.2) is 25.7 Å². The lowest BCUT2D eigenvalue weighted by Gasteiger charge is -2.32. The summed E-state index contributed by atoms with van der Waals surface area (Å²) in [6.45, 7) is 1.35. The summed E-state index contributed by atoms with van der Waals surface area (Å²) in [6, 6.07) is 20.1. The van der Waals surface area contributed by atoms with Crippen molar-refractivity contribution < 1.29 is 40.2 Å². The maximum atomic E-state index is 15.1. The van der Waals surface area contributed by atoms with Crippen LogP contribution in [0.15, 0.2) is 84.8 Å². The third kappa shape index (κ3) is 6.73. The summed E-state index contributed by atoms with van der Waals surface area (Å²) in [6.07, 6.45) is 2.90. The smallest absolute Gasteiger partial charge is 0.265 e. The normalized spacial score (nSPS) is 12.8. The molecule has 0 saturated heterocycles. The van der Waals surface area contributed by atoms with Crippen molar-refractivity contribution in [1.29, 1.82) is 10.5 Å². The first kappa shape index (κ1) is 31.3. The van der Waals surface area contributed by atoms with Crippen molar-refractivity contribution in [3.8, 4) is 23.4 Å². The molecule has 0 aliphatic heterocycles. The fourth-order valence-electron chi connectivity index (χ4n) is 4.59. The zero-order valence-electron chi connectivity index (χ0n) is 22.7. The molecule has 2 atom stereocenters. The second kappa shape index (κ2) is 13.1. The molecule has 8 nitrogen and oxygen atoms in total. The van der Waals surface area contributed by atoms with Crippen LogP contribution >= 0.6 is 11.3 Å². The van der Waals surface area contributed by atoms with Crippen molar-refractivity contribution in [3.63, 3.8) is 0 Å². The number of halogens is 3. The van der Waals surface area contributed by atoms with E-state index in [-0.39, 0.29) is 41.4 Å². The number of aliphatic hydroxyl groups is 1. The molecule has 12 heteroatoms. The van der Waals surface area contributed by atoms with Gasteiger partial charge in [-0.1, -0.05) is 19.1 Å². The van der Waals surface area contributed by atoms with Crippen molar-refractivity contribution in [2.45, 2.75) is 31.5 Å². The molecule has 0 saturated carbocycles. The first-order chi connectivity index (χ1) is 20.2. The van der Waals surface area contributed by atoms with E-state index in [4.69, 9.17) is 10.5 Å². The minimum Gasteiger partial charge on any atom is -1.00 e. The van der Waals surface area contributed by atoms with Gasteiger partial charge in [0.15, 0.2) is 5.78 Å². The highest BCUT2D eigenvalue weighted by Crippen LogP contribution is 2.41. The lowest BCUT2D eigenvalue weighted by atomic mass is 9.82. The second-order valence-electron chi connectivity index (χ2n) is 9.76. The number of aromatic nitrogens is 4. The Kier molecular flexibility index (Phi) is 9.56. The number of hydrogen-bond donors (Lipinski definition) is 1. The molecule has 2 heterocycles. The number of nitrogens with zero attached hydrogens (tertiary/aromatic N) is 6. The predicted octanol–water partition coefficient (Wildman–Crippen LogP) is 1.89. The average molecular weight is 662 g/mol. The largest absolute Gasteiger partial charge is 1.00 e. The molecular weight excluding hydrogens is 638 g/mol. The van der Waals surface area contributed by atoms with Crippen LogP contribution in [0.2, 0.25) is 0 Å². The number of Topliss-reactive ketones (excluding diaryl/α,β-unsaturated/α-hetero) is 1. The van der Waals surface area contributed by atoms with Gasteiger partial charge in [0, 0.05) is 33.1 Å². The van der Waals surface area contributed by atoms with Crippen molar-refractivity contribution >= 4 is 17.1 Å². The molecular formula is C31H23BrF2N6O2S. The van der Waals surface area contributed by atoms with E-state index >= 15 is 4.39 Å². The quantitative estimate of drug-likeness (QED) is 0.191. The number of rotatable bonds is 9. The van der Waals surface area contributed by atoms with Gasteiger partial charge in [-0.15, -0.1) is 16.0 Å². The summed E-state index contributed by atoms with van der Waals surface area (Å²) in [7, 11) is 0. The van der Waals surface area contributed by atoms with Crippen LogP contribution in [0, 0.1) is 34.3 Å². The molecule has 216 valence electrons. The van der Waals surface area contributed by atoms with Crippen LogP contribution in [-0.2, 0) is 18.7 Å². The van der Waals surface area contributed by atoms with E-state index in [0.29, 0.717) is 27.4 Å². The summed E-state index contributed by atoms with van der Waals surface area (Å²) < 4.78 is 32.3. The third-order valence-electron chi connectivity index (χ3n) is 7.01. The van der Waals surface area contributed by atoms with E-state index in [2.05, 4.69) is 16.2 Å². The number of hydrogen-bond acceptors (Lipinski definition) is 7. The molecule has 0 fully saturated rings. The van der Waals surface area contributed by atoms with Crippen molar-refractivity contribution in [1.82, 2.24) is 14.8 Å². The van der Waals surface area contributed by atoms with Crippen molar-refractivity contribution in [2.24, 2.45) is 0 Å². The lowest BCUT2D eigenvalue weighted by molar-refractivity contribution is -0.684. The van der Waals surface area contributed by atoms with Gasteiger partial charge in [0.2, 0.25) is 6.33 Å². The molecule has 0 aliphatic carbocycles. The second-order valence-corrected chi connectivity index (χ2v) is 10.6. The minimum absolute atomic E-state index is 0. The van der Waals surface area contributed by atoms with Crippen molar-refractivity contribution in [3.05, 3.63) is 124 Å². The average Bonchev–Trinajstić information content (AvgIpc) is 3.68. The Balaban J connectivity index is 0.00000423. The molecule has 0 spiro atoms. The van der Waals surface area contributed by atoms with Crippen LogP contribution in [0.3, 0.4) is 0 Å². The molecule has 0 amide bonds. The zero-order valence-corrected chi connectivity index (χ0v) is 25.1. The van der Waals surface area contributed by atoms with Crippen LogP contribution in [0.1, 0.15) is 44.9 Å². The topological polar surface area (TPSA) is 119 Å². The molecule has 0 unspecified atom stereocenters. The van der Waals surface area contributed by atoms with Gasteiger partial charge in [-0.2, -0.15) is 10.5 Å². The Morgan fingerprint density at radius 3 is 2.37 bits per heavy atom. The van der Waals surface area contributed by atoms with Gasteiger partial charge in [0.1, 0.15) is 30.3 Å². The van der Waals surface area contributed by atoms with E-state index in [0.717, 1.165) is 23.8 Å². The van der Waals surface area contributed by atoms with Crippen LogP contribution < -0.4 is 21.5 Å². The van der Waals surface area contributed by atoms with Gasteiger partial charge in [-0.25, -0.2) is 18.3 Å². The number of carbonyl (C=O) groups excluding carboxylic acids is 1. The van der Waals surface area contributed by atoms with E-state index in [1.807, 2.05) is 6.07 Å². The van der Waals surface area contributed by atoms with Gasteiger partial charge in [0.05, 0.1) is 34.0 Å². The Morgan fingerprint density at radius 2 is 1.72 bits per heavy atom. The minimum atomic E-state index is -1.98. The first-order valence-electron chi connectivity index (χ1n) is 12.8. The molecule has 3 aromatic carbocycles. The summed E-state index contributed by atoms with van der Waals surface area (Å²) >= 11 is 1.27. The summed E-state index contributed by atoms with van der Waals surface area (Å²) in [5.41, 5.74) is 0.523. The SMILES string of the molecule is C[C@@H](c1nc(-c2ccc(C#N)cc2)cs1)[C@](O)(Cn1c[n+](CC(=O)c2ccc(C#N)cc2)cn1)c1cc(F)ccc1F.[Br-]. The molecule has 0 radical (unpaired) electrons. The Morgan fingerprint density at radius 1 is 1.07 bits per heavy atom. The fourth-order valence-corrected chi connectivity index (χ4v) is 5.56. The van der Waals surface area contributed by atoms with Crippen LogP contribution in [0.25, 0.3) is 11.3 Å². The summed E-state index contributed by atoms with van der Waals surface area (Å²) in [5, 5.41) is 36.7. The van der Waals surface area contributed by atoms with E-state index in [9.17, 15) is 14.3 Å². The monoisotopic (exact) mass is 660 g/mol. The molecule has 43 heavy (non-hydrogen) atoms. The lowest BCUT2D eigenvalue weighted by Crippen LogP contribution is -3.00. The molecule has 0 aliphatic rings. The van der Waals surface area contributed by atoms with Gasteiger partial charge >= 0.3 is 0 Å². The van der Waals surface area contributed by atoms with Gasteiger partial charge < -0.3 is 22.1 Å². The Labute approximate surface area is 260 Å². The molecule has 1 N–H and O–H groups in total. The van der Waals surface area contributed by atoms with E-state index in [1.165, 1.54) is 33.2 Å². The Bertz CT molecular complexity index is 1840. The van der Waals surface area contributed by atoms with Gasteiger partial charge in [-0.05, 0) is 54.6 Å². The first-order valence-corrected chi connectivity index (χ1v) is 13.7.